The summed E-state index contributed by atoms with van der Waals surface area (Å²) in [6.07, 6.45) is 1.35. The molecule has 0 aromatic heterocycles. The summed E-state index contributed by atoms with van der Waals surface area (Å²) in [6.45, 7) is 7.88. The molecule has 0 heterocycles. The van der Waals surface area contributed by atoms with E-state index in [2.05, 4.69) is 0 Å². The van der Waals surface area contributed by atoms with E-state index >= 15 is 0 Å². The second-order valence-corrected chi connectivity index (χ2v) is 4.51. The number of hydrogen-bond donors (Lipinski definition) is 1. The Kier molecular flexibility index (Phi) is 3.87. The summed E-state index contributed by atoms with van der Waals surface area (Å²) in [5, 5.41) is 0. The van der Waals surface area contributed by atoms with Gasteiger partial charge in [0.2, 0.25) is 0 Å². The van der Waals surface area contributed by atoms with Gasteiger partial charge in [0.05, 0.1) is 5.54 Å². The van der Waals surface area contributed by atoms with Gasteiger partial charge in [-0.3, -0.25) is 4.79 Å². The summed E-state index contributed by atoms with van der Waals surface area (Å²) >= 11 is 0. The van der Waals surface area contributed by atoms with Gasteiger partial charge in [0.25, 0.3) is 0 Å². The highest BCUT2D eigenvalue weighted by Crippen LogP contribution is 2.21. The van der Waals surface area contributed by atoms with Crippen LogP contribution in [0.1, 0.15) is 48.2 Å². The van der Waals surface area contributed by atoms with E-state index in [0.717, 1.165) is 16.7 Å². The molecule has 2 nitrogen and oxygen atoms in total. The van der Waals surface area contributed by atoms with E-state index in [4.69, 9.17) is 5.73 Å². The van der Waals surface area contributed by atoms with Crippen molar-refractivity contribution in [1.82, 2.24) is 0 Å². The van der Waals surface area contributed by atoms with E-state index in [1.54, 1.807) is 0 Å². The minimum Gasteiger partial charge on any atom is -0.319 e. The molecule has 16 heavy (non-hydrogen) atoms. The van der Waals surface area contributed by atoms with Gasteiger partial charge in [-0.25, -0.2) is 0 Å². The maximum Gasteiger partial charge on any atom is 0.182 e. The monoisotopic (exact) mass is 219 g/mol. The third-order valence-corrected chi connectivity index (χ3v) is 3.35. The SMILES string of the molecule is CCC(N)(CC)C(=O)c1cc(C)ccc1C. The maximum absolute atomic E-state index is 12.4. The second-order valence-electron chi connectivity index (χ2n) is 4.51. The lowest BCUT2D eigenvalue weighted by molar-refractivity contribution is 0.0879. The Hall–Kier alpha value is -1.15. The van der Waals surface area contributed by atoms with Crippen molar-refractivity contribution in [3.63, 3.8) is 0 Å². The first-order chi connectivity index (χ1) is 7.44. The van der Waals surface area contributed by atoms with Crippen LogP contribution in [0.2, 0.25) is 0 Å². The van der Waals surface area contributed by atoms with Crippen LogP contribution in [0.15, 0.2) is 18.2 Å². The van der Waals surface area contributed by atoms with Crippen LogP contribution in [0.3, 0.4) is 0 Å². The first kappa shape index (κ1) is 12.9. The van der Waals surface area contributed by atoms with Gasteiger partial charge in [0, 0.05) is 5.56 Å². The summed E-state index contributed by atoms with van der Waals surface area (Å²) in [5.74, 6) is 0.0682. The number of Topliss-reactive ketones (excluding diaryl/α,β-unsaturated/α-hetero) is 1. The van der Waals surface area contributed by atoms with Crippen LogP contribution in [0.4, 0.5) is 0 Å². The van der Waals surface area contributed by atoms with Crippen LogP contribution in [-0.2, 0) is 0 Å². The highest BCUT2D eigenvalue weighted by molar-refractivity contribution is 6.04. The van der Waals surface area contributed by atoms with Crippen LogP contribution < -0.4 is 5.73 Å². The van der Waals surface area contributed by atoms with Crippen molar-refractivity contribution >= 4 is 5.78 Å². The molecule has 0 aliphatic carbocycles. The second kappa shape index (κ2) is 4.79. The first-order valence-electron chi connectivity index (χ1n) is 5.85. The van der Waals surface area contributed by atoms with E-state index in [0.29, 0.717) is 12.8 Å². The Labute approximate surface area is 97.9 Å². The first-order valence-corrected chi connectivity index (χ1v) is 5.85. The molecular formula is C14H21NO. The van der Waals surface area contributed by atoms with Crippen molar-refractivity contribution in [2.75, 3.05) is 0 Å². The van der Waals surface area contributed by atoms with Gasteiger partial charge < -0.3 is 5.73 Å². The molecule has 1 aromatic carbocycles. The fourth-order valence-corrected chi connectivity index (χ4v) is 1.82. The van der Waals surface area contributed by atoms with Crippen molar-refractivity contribution < 1.29 is 4.79 Å². The Morgan fingerprint density at radius 2 is 1.81 bits per heavy atom. The fourth-order valence-electron chi connectivity index (χ4n) is 1.82. The molecule has 1 rings (SSSR count). The topological polar surface area (TPSA) is 43.1 Å². The molecule has 0 aliphatic rings. The Morgan fingerprint density at radius 3 is 2.31 bits per heavy atom. The van der Waals surface area contributed by atoms with Crippen molar-refractivity contribution in [2.24, 2.45) is 5.73 Å². The zero-order valence-electron chi connectivity index (χ0n) is 10.6. The van der Waals surface area contributed by atoms with Gasteiger partial charge in [0.1, 0.15) is 0 Å². The molecule has 88 valence electrons. The van der Waals surface area contributed by atoms with Crippen LogP contribution in [-0.4, -0.2) is 11.3 Å². The van der Waals surface area contributed by atoms with E-state index < -0.39 is 5.54 Å². The Morgan fingerprint density at radius 1 is 1.25 bits per heavy atom. The molecule has 0 saturated carbocycles. The third kappa shape index (κ3) is 2.33. The summed E-state index contributed by atoms with van der Waals surface area (Å²) in [4.78, 5) is 12.4. The molecule has 0 radical (unpaired) electrons. The minimum atomic E-state index is -0.710. The molecule has 2 N–H and O–H groups in total. The predicted molar refractivity (Wildman–Crippen MR) is 67.7 cm³/mol. The number of hydrogen-bond acceptors (Lipinski definition) is 2. The maximum atomic E-state index is 12.4. The molecule has 0 saturated heterocycles. The number of benzene rings is 1. The summed E-state index contributed by atoms with van der Waals surface area (Å²) in [5.41, 5.74) is 8.31. The molecular weight excluding hydrogens is 198 g/mol. The lowest BCUT2D eigenvalue weighted by Gasteiger charge is -2.25. The molecule has 0 atom stereocenters. The average Bonchev–Trinajstić information content (AvgIpc) is 2.30. The van der Waals surface area contributed by atoms with Gasteiger partial charge in [-0.05, 0) is 38.3 Å². The van der Waals surface area contributed by atoms with Gasteiger partial charge in [-0.1, -0.05) is 31.5 Å². The van der Waals surface area contributed by atoms with E-state index in [1.807, 2.05) is 45.9 Å². The normalized spacial score (nSPS) is 11.6. The number of rotatable bonds is 4. The summed E-state index contributed by atoms with van der Waals surface area (Å²) < 4.78 is 0. The lowest BCUT2D eigenvalue weighted by atomic mass is 9.83. The number of aryl methyl sites for hydroxylation is 2. The molecule has 0 amide bonds. The van der Waals surface area contributed by atoms with Crippen LogP contribution >= 0.6 is 0 Å². The highest BCUT2D eigenvalue weighted by atomic mass is 16.1. The molecule has 0 fully saturated rings. The van der Waals surface area contributed by atoms with Gasteiger partial charge in [-0.2, -0.15) is 0 Å². The van der Waals surface area contributed by atoms with Gasteiger partial charge in [0.15, 0.2) is 5.78 Å². The van der Waals surface area contributed by atoms with Gasteiger partial charge >= 0.3 is 0 Å². The number of ketones is 1. The quantitative estimate of drug-likeness (QED) is 0.791. The number of carbonyl (C=O) groups is 1. The zero-order valence-corrected chi connectivity index (χ0v) is 10.6. The molecule has 0 spiro atoms. The van der Waals surface area contributed by atoms with Crippen LogP contribution in [0.5, 0.6) is 0 Å². The highest BCUT2D eigenvalue weighted by Gasteiger charge is 2.31. The summed E-state index contributed by atoms with van der Waals surface area (Å²) in [7, 11) is 0. The largest absolute Gasteiger partial charge is 0.319 e. The van der Waals surface area contributed by atoms with Crippen molar-refractivity contribution in [1.29, 1.82) is 0 Å². The Bertz CT molecular complexity index is 392. The zero-order chi connectivity index (χ0) is 12.3. The number of nitrogens with two attached hydrogens (primary N) is 1. The molecule has 2 heteroatoms. The van der Waals surface area contributed by atoms with Crippen molar-refractivity contribution in [3.05, 3.63) is 34.9 Å². The molecule has 1 aromatic rings. The predicted octanol–water partition coefficient (Wildman–Crippen LogP) is 3.00. The van der Waals surface area contributed by atoms with Crippen LogP contribution in [0, 0.1) is 13.8 Å². The molecule has 0 unspecified atom stereocenters. The smallest absolute Gasteiger partial charge is 0.182 e. The standard InChI is InChI=1S/C14H21NO/c1-5-14(15,6-2)13(16)12-9-10(3)7-8-11(12)4/h7-9H,5-6,15H2,1-4H3. The van der Waals surface area contributed by atoms with E-state index in [-0.39, 0.29) is 5.78 Å². The van der Waals surface area contributed by atoms with Crippen LogP contribution in [0.25, 0.3) is 0 Å². The molecule has 0 aliphatic heterocycles. The minimum absolute atomic E-state index is 0.0682. The molecule has 0 bridgehead atoms. The number of carbonyl (C=O) groups excluding carboxylic acids is 1. The van der Waals surface area contributed by atoms with Crippen molar-refractivity contribution in [3.8, 4) is 0 Å². The third-order valence-electron chi connectivity index (χ3n) is 3.35. The van der Waals surface area contributed by atoms with Gasteiger partial charge in [-0.15, -0.1) is 0 Å². The van der Waals surface area contributed by atoms with E-state index in [9.17, 15) is 4.79 Å². The Balaban J connectivity index is 3.18. The fraction of sp³-hybridized carbons (Fsp3) is 0.500. The summed E-state index contributed by atoms with van der Waals surface area (Å²) in [6, 6.07) is 5.93. The van der Waals surface area contributed by atoms with E-state index in [1.165, 1.54) is 0 Å². The average molecular weight is 219 g/mol. The lowest BCUT2D eigenvalue weighted by Crippen LogP contribution is -2.47. The van der Waals surface area contributed by atoms with Crippen molar-refractivity contribution in [2.45, 2.75) is 46.1 Å².